The van der Waals surface area contributed by atoms with E-state index in [2.05, 4.69) is 4.99 Å². The molecule has 9 heteroatoms. The van der Waals surface area contributed by atoms with Crippen molar-refractivity contribution in [3.8, 4) is 5.75 Å². The van der Waals surface area contributed by atoms with E-state index in [1.165, 1.54) is 24.0 Å². The van der Waals surface area contributed by atoms with Crippen LogP contribution in [0, 0.1) is 0 Å². The lowest BCUT2D eigenvalue weighted by Gasteiger charge is -2.12. The van der Waals surface area contributed by atoms with Gasteiger partial charge in [-0.25, -0.2) is 14.6 Å². The Balaban J connectivity index is 1.90. The van der Waals surface area contributed by atoms with E-state index >= 15 is 0 Å². The van der Waals surface area contributed by atoms with Gasteiger partial charge in [-0.1, -0.05) is 24.3 Å². The van der Waals surface area contributed by atoms with Crippen LogP contribution < -0.4 is 4.74 Å². The molecule has 30 heavy (non-hydrogen) atoms. The van der Waals surface area contributed by atoms with E-state index in [0.29, 0.717) is 27.1 Å². The highest BCUT2D eigenvalue weighted by atomic mass is 32.2. The molecule has 1 aliphatic rings. The summed E-state index contributed by atoms with van der Waals surface area (Å²) >= 11 is 1.13. The second-order valence-corrected chi connectivity index (χ2v) is 7.37. The van der Waals surface area contributed by atoms with Gasteiger partial charge in [0, 0.05) is 12.6 Å². The second-order valence-electron chi connectivity index (χ2n) is 6.36. The number of carboxylic acids is 2. The molecular formula is C21H18N2O6S. The standard InChI is InChI=1S/C21H18N2O6S/c1-12(19(25)26)29-16-9-4-3-6-13(16)11-17-18(24)23(2)21(30-17)22-15-8-5-7-14(10-15)20(27)28/h3-12H,1-2H3,(H,25,26)(H,27,28)/b17-11-,22-21?. The summed E-state index contributed by atoms with van der Waals surface area (Å²) < 4.78 is 5.47. The van der Waals surface area contributed by atoms with Crippen LogP contribution in [-0.4, -0.2) is 51.3 Å². The fraction of sp³-hybridized carbons (Fsp3) is 0.143. The minimum absolute atomic E-state index is 0.100. The number of aliphatic carboxylic acids is 1. The Hall–Kier alpha value is -3.59. The molecule has 1 heterocycles. The van der Waals surface area contributed by atoms with Gasteiger partial charge in [0.15, 0.2) is 11.3 Å². The van der Waals surface area contributed by atoms with Crippen molar-refractivity contribution in [2.24, 2.45) is 4.99 Å². The van der Waals surface area contributed by atoms with Gasteiger partial charge in [0.25, 0.3) is 5.91 Å². The van der Waals surface area contributed by atoms with E-state index < -0.39 is 18.0 Å². The molecule has 0 aromatic heterocycles. The maximum atomic E-state index is 12.7. The number of amidine groups is 1. The predicted octanol–water partition coefficient (Wildman–Crippen LogP) is 3.47. The Kier molecular flexibility index (Phi) is 6.22. The summed E-state index contributed by atoms with van der Waals surface area (Å²) in [4.78, 5) is 41.0. The second kappa shape index (κ2) is 8.83. The number of likely N-dealkylation sites (N-methyl/N-ethyl adjacent to an activating group) is 1. The molecule has 154 valence electrons. The third kappa shape index (κ3) is 4.69. The first-order valence-electron chi connectivity index (χ1n) is 8.84. The summed E-state index contributed by atoms with van der Waals surface area (Å²) in [5, 5.41) is 18.6. The normalized spacial score (nSPS) is 17.4. The number of aromatic carboxylic acids is 1. The van der Waals surface area contributed by atoms with Crippen molar-refractivity contribution in [2.45, 2.75) is 13.0 Å². The van der Waals surface area contributed by atoms with Crippen LogP contribution in [0.1, 0.15) is 22.8 Å². The predicted molar refractivity (Wildman–Crippen MR) is 113 cm³/mol. The van der Waals surface area contributed by atoms with E-state index in [9.17, 15) is 14.4 Å². The van der Waals surface area contributed by atoms with Crippen LogP contribution in [-0.2, 0) is 9.59 Å². The van der Waals surface area contributed by atoms with Crippen LogP contribution in [0.4, 0.5) is 5.69 Å². The number of carbonyl (C=O) groups excluding carboxylic acids is 1. The summed E-state index contributed by atoms with van der Waals surface area (Å²) in [7, 11) is 1.57. The molecular weight excluding hydrogens is 408 g/mol. The lowest BCUT2D eigenvalue weighted by molar-refractivity contribution is -0.144. The first-order chi connectivity index (χ1) is 14.3. The number of carboxylic acid groups (broad SMARTS) is 2. The van der Waals surface area contributed by atoms with Crippen molar-refractivity contribution in [3.05, 3.63) is 64.6 Å². The van der Waals surface area contributed by atoms with Crippen LogP contribution in [0.3, 0.4) is 0 Å². The van der Waals surface area contributed by atoms with Gasteiger partial charge in [-0.3, -0.25) is 9.69 Å². The fourth-order valence-corrected chi connectivity index (χ4v) is 3.54. The first-order valence-corrected chi connectivity index (χ1v) is 9.66. The average Bonchev–Trinajstić information content (AvgIpc) is 2.97. The van der Waals surface area contributed by atoms with Gasteiger partial charge in [0.2, 0.25) is 0 Å². The third-order valence-electron chi connectivity index (χ3n) is 4.18. The Bertz CT molecular complexity index is 1080. The van der Waals surface area contributed by atoms with Gasteiger partial charge in [-0.15, -0.1) is 0 Å². The SMILES string of the molecule is CC(Oc1ccccc1/C=C1\SC(=Nc2cccc(C(=O)O)c2)N(C)C1=O)C(=O)O. The lowest BCUT2D eigenvalue weighted by Crippen LogP contribution is -2.24. The minimum Gasteiger partial charge on any atom is -0.479 e. The fourth-order valence-electron chi connectivity index (χ4n) is 2.56. The highest BCUT2D eigenvalue weighted by Crippen LogP contribution is 2.35. The maximum Gasteiger partial charge on any atom is 0.344 e. The molecule has 0 aliphatic carbocycles. The van der Waals surface area contributed by atoms with Crippen molar-refractivity contribution in [1.82, 2.24) is 4.90 Å². The highest BCUT2D eigenvalue weighted by molar-refractivity contribution is 8.18. The van der Waals surface area contributed by atoms with Gasteiger partial charge in [0.05, 0.1) is 16.2 Å². The Morgan fingerprint density at radius 1 is 1.17 bits per heavy atom. The van der Waals surface area contributed by atoms with Crippen LogP contribution in [0.5, 0.6) is 5.75 Å². The third-order valence-corrected chi connectivity index (χ3v) is 5.24. The first kappa shape index (κ1) is 21.1. The molecule has 8 nitrogen and oxygen atoms in total. The van der Waals surface area contributed by atoms with Crippen molar-refractivity contribution in [2.75, 3.05) is 7.05 Å². The summed E-state index contributed by atoms with van der Waals surface area (Å²) in [6.45, 7) is 1.42. The van der Waals surface area contributed by atoms with Crippen molar-refractivity contribution >= 4 is 46.5 Å². The number of aliphatic imine (C=N–C) groups is 1. The number of carbonyl (C=O) groups is 3. The molecule has 1 amide bonds. The van der Waals surface area contributed by atoms with E-state index in [1.54, 1.807) is 49.5 Å². The zero-order valence-corrected chi connectivity index (χ0v) is 16.9. The van der Waals surface area contributed by atoms with E-state index in [0.717, 1.165) is 11.8 Å². The number of para-hydroxylation sites is 1. The highest BCUT2D eigenvalue weighted by Gasteiger charge is 2.30. The van der Waals surface area contributed by atoms with E-state index in [1.807, 2.05) is 0 Å². The number of benzene rings is 2. The number of amides is 1. The summed E-state index contributed by atoms with van der Waals surface area (Å²) in [6.07, 6.45) is 0.571. The Morgan fingerprint density at radius 3 is 2.60 bits per heavy atom. The molecule has 1 aliphatic heterocycles. The zero-order chi connectivity index (χ0) is 21.8. The van der Waals surface area contributed by atoms with Gasteiger partial charge in [-0.05, 0) is 49.0 Å². The summed E-state index contributed by atoms with van der Waals surface area (Å²) in [6, 6.07) is 12.9. The van der Waals surface area contributed by atoms with Crippen LogP contribution in [0.2, 0.25) is 0 Å². The lowest BCUT2D eigenvalue weighted by atomic mass is 10.2. The van der Waals surface area contributed by atoms with Crippen molar-refractivity contribution < 1.29 is 29.3 Å². The quantitative estimate of drug-likeness (QED) is 0.679. The average molecular weight is 426 g/mol. The molecule has 0 radical (unpaired) electrons. The molecule has 1 unspecified atom stereocenters. The van der Waals surface area contributed by atoms with Crippen LogP contribution in [0.25, 0.3) is 6.08 Å². The van der Waals surface area contributed by atoms with Crippen LogP contribution >= 0.6 is 11.8 Å². The number of hydrogen-bond donors (Lipinski definition) is 2. The molecule has 0 saturated carbocycles. The Labute approximate surface area is 176 Å². The van der Waals surface area contributed by atoms with Crippen molar-refractivity contribution in [1.29, 1.82) is 0 Å². The molecule has 1 saturated heterocycles. The Morgan fingerprint density at radius 2 is 1.90 bits per heavy atom. The molecule has 1 atom stereocenters. The number of rotatable bonds is 6. The van der Waals surface area contributed by atoms with Gasteiger partial charge >= 0.3 is 11.9 Å². The summed E-state index contributed by atoms with van der Waals surface area (Å²) in [5.41, 5.74) is 1.07. The maximum absolute atomic E-state index is 12.7. The number of hydrogen-bond acceptors (Lipinski definition) is 6. The smallest absolute Gasteiger partial charge is 0.344 e. The number of nitrogens with zero attached hydrogens (tertiary/aromatic N) is 2. The topological polar surface area (TPSA) is 117 Å². The van der Waals surface area contributed by atoms with Gasteiger partial charge < -0.3 is 14.9 Å². The molecule has 0 bridgehead atoms. The molecule has 2 N–H and O–H groups in total. The monoisotopic (exact) mass is 426 g/mol. The van der Waals surface area contributed by atoms with E-state index in [-0.39, 0.29) is 11.5 Å². The van der Waals surface area contributed by atoms with Crippen molar-refractivity contribution in [3.63, 3.8) is 0 Å². The molecule has 2 aromatic rings. The molecule has 1 fully saturated rings. The zero-order valence-electron chi connectivity index (χ0n) is 16.1. The number of thioether (sulfide) groups is 1. The molecule has 0 spiro atoms. The van der Waals surface area contributed by atoms with Gasteiger partial charge in [0.1, 0.15) is 5.75 Å². The van der Waals surface area contributed by atoms with E-state index in [4.69, 9.17) is 14.9 Å². The number of ether oxygens (including phenoxy) is 1. The molecule has 3 rings (SSSR count). The largest absolute Gasteiger partial charge is 0.479 e. The molecule has 2 aromatic carbocycles. The summed E-state index contributed by atoms with van der Waals surface area (Å²) in [5.74, 6) is -2.10. The van der Waals surface area contributed by atoms with Crippen LogP contribution in [0.15, 0.2) is 58.4 Å². The minimum atomic E-state index is -1.10. The van der Waals surface area contributed by atoms with Gasteiger partial charge in [-0.2, -0.15) is 0 Å².